The third kappa shape index (κ3) is 4.22. The summed E-state index contributed by atoms with van der Waals surface area (Å²) in [5, 5.41) is 2.61. The second kappa shape index (κ2) is 9.28. The molecular formula is C21H15Cl2Zr. The first-order chi connectivity index (χ1) is 10.4. The summed E-state index contributed by atoms with van der Waals surface area (Å²) in [6.07, 6.45) is 0. The topological polar surface area (TPSA) is 0 Å². The van der Waals surface area contributed by atoms with Gasteiger partial charge in [0.15, 0.2) is 0 Å². The molecule has 0 fully saturated rings. The smallest absolute Gasteiger partial charge is 1.00 e. The van der Waals surface area contributed by atoms with Crippen molar-refractivity contribution in [1.29, 1.82) is 0 Å². The molecule has 0 aliphatic rings. The standard InChI is InChI=1S/C21H15.2ClH.Zr/c1-2-6-16(7-3-1)17-10-12-18(13-11-17)21-14-19-8-4-5-9-20(19)15-21;;;/h1-15H;2*1H;/q-1;;;+3/p-2. The molecule has 0 bridgehead atoms. The van der Waals surface area contributed by atoms with E-state index in [0.717, 1.165) is 0 Å². The second-order valence-electron chi connectivity index (χ2n) is 5.32. The Kier molecular flexibility index (Phi) is 8.03. The van der Waals surface area contributed by atoms with E-state index in [0.29, 0.717) is 0 Å². The predicted molar refractivity (Wildman–Crippen MR) is 90.4 cm³/mol. The van der Waals surface area contributed by atoms with Gasteiger partial charge in [-0.1, -0.05) is 78.4 Å². The Bertz CT molecular complexity index is 848. The van der Waals surface area contributed by atoms with Gasteiger partial charge in [0.1, 0.15) is 0 Å². The van der Waals surface area contributed by atoms with Gasteiger partial charge in [-0.15, -0.1) is 34.5 Å². The monoisotopic (exact) mass is 427 g/mol. The normalized spacial score (nSPS) is 9.50. The van der Waals surface area contributed by atoms with E-state index in [-0.39, 0.29) is 51.0 Å². The van der Waals surface area contributed by atoms with E-state index in [1.165, 1.54) is 33.0 Å². The number of rotatable bonds is 2. The van der Waals surface area contributed by atoms with Gasteiger partial charge in [0, 0.05) is 0 Å². The first kappa shape index (κ1) is 20.8. The maximum Gasteiger partial charge on any atom is 3.00 e. The van der Waals surface area contributed by atoms with Crippen LogP contribution in [0, 0.1) is 0 Å². The third-order valence-corrected chi connectivity index (χ3v) is 3.94. The van der Waals surface area contributed by atoms with Crippen LogP contribution in [0.1, 0.15) is 0 Å². The summed E-state index contributed by atoms with van der Waals surface area (Å²) in [5.41, 5.74) is 5.08. The van der Waals surface area contributed by atoms with E-state index in [1.54, 1.807) is 0 Å². The van der Waals surface area contributed by atoms with Crippen LogP contribution >= 0.6 is 0 Å². The Morgan fingerprint density at radius 1 is 0.542 bits per heavy atom. The maximum atomic E-state index is 2.26. The molecule has 0 atom stereocenters. The fourth-order valence-corrected chi connectivity index (χ4v) is 2.80. The Morgan fingerprint density at radius 2 is 1.08 bits per heavy atom. The summed E-state index contributed by atoms with van der Waals surface area (Å²) in [6.45, 7) is 0. The number of benzene rings is 3. The number of hydrogen-bond acceptors (Lipinski definition) is 0. The molecule has 0 aromatic heterocycles. The molecule has 4 rings (SSSR count). The summed E-state index contributed by atoms with van der Waals surface area (Å²) in [6, 6.07) is 32.3. The Balaban J connectivity index is 0.000000960. The van der Waals surface area contributed by atoms with Gasteiger partial charge in [-0.3, -0.25) is 0 Å². The largest absolute Gasteiger partial charge is 3.00 e. The Hall–Kier alpha value is -1.27. The molecule has 0 aliphatic carbocycles. The first-order valence-electron chi connectivity index (χ1n) is 7.21. The molecule has 0 nitrogen and oxygen atoms in total. The van der Waals surface area contributed by atoms with Crippen LogP contribution in [0.3, 0.4) is 0 Å². The van der Waals surface area contributed by atoms with Gasteiger partial charge in [-0.05, 0) is 11.1 Å². The maximum absolute atomic E-state index is 2.26. The first-order valence-corrected chi connectivity index (χ1v) is 7.21. The van der Waals surface area contributed by atoms with Gasteiger partial charge in [0.25, 0.3) is 0 Å². The minimum absolute atomic E-state index is 0. The van der Waals surface area contributed by atoms with Crippen LogP contribution < -0.4 is 24.8 Å². The molecule has 0 spiro atoms. The van der Waals surface area contributed by atoms with Crippen LogP contribution in [0.5, 0.6) is 0 Å². The molecule has 1 radical (unpaired) electrons. The molecule has 0 unspecified atom stereocenters. The molecule has 0 saturated heterocycles. The van der Waals surface area contributed by atoms with Crippen molar-refractivity contribution in [2.75, 3.05) is 0 Å². The third-order valence-electron chi connectivity index (χ3n) is 3.94. The fourth-order valence-electron chi connectivity index (χ4n) is 2.80. The quantitative estimate of drug-likeness (QED) is 0.391. The predicted octanol–water partition coefficient (Wildman–Crippen LogP) is -0.102. The van der Waals surface area contributed by atoms with Gasteiger partial charge >= 0.3 is 26.2 Å². The van der Waals surface area contributed by atoms with Crippen LogP contribution in [0.25, 0.3) is 33.0 Å². The van der Waals surface area contributed by atoms with Crippen molar-refractivity contribution in [3.63, 3.8) is 0 Å². The van der Waals surface area contributed by atoms with Crippen LogP contribution in [-0.4, -0.2) is 0 Å². The fraction of sp³-hybridized carbons (Fsp3) is 0. The molecule has 4 aromatic rings. The summed E-state index contributed by atoms with van der Waals surface area (Å²) < 4.78 is 0. The number of hydrogen-bond donors (Lipinski definition) is 0. The van der Waals surface area contributed by atoms with Crippen molar-refractivity contribution in [3.8, 4) is 22.3 Å². The van der Waals surface area contributed by atoms with Gasteiger partial charge in [0.05, 0.1) is 0 Å². The summed E-state index contributed by atoms with van der Waals surface area (Å²) in [5.74, 6) is 0. The van der Waals surface area contributed by atoms with E-state index in [1.807, 2.05) is 6.07 Å². The molecule has 3 heteroatoms. The number of fused-ring (bicyclic) bond motifs is 1. The molecule has 0 heterocycles. The minimum Gasteiger partial charge on any atom is -1.00 e. The van der Waals surface area contributed by atoms with Crippen molar-refractivity contribution in [1.82, 2.24) is 0 Å². The van der Waals surface area contributed by atoms with Gasteiger partial charge in [0.2, 0.25) is 0 Å². The zero-order valence-electron chi connectivity index (χ0n) is 12.9. The number of halogens is 2. The Labute approximate surface area is 174 Å². The summed E-state index contributed by atoms with van der Waals surface area (Å²) in [4.78, 5) is 0. The van der Waals surface area contributed by atoms with E-state index < -0.39 is 0 Å². The van der Waals surface area contributed by atoms with E-state index in [2.05, 4.69) is 84.9 Å². The second-order valence-corrected chi connectivity index (χ2v) is 5.32. The molecule has 0 N–H and O–H groups in total. The average molecular weight is 429 g/mol. The van der Waals surface area contributed by atoms with Crippen molar-refractivity contribution >= 4 is 10.8 Å². The van der Waals surface area contributed by atoms with E-state index >= 15 is 0 Å². The van der Waals surface area contributed by atoms with Crippen LogP contribution in [-0.2, 0) is 26.2 Å². The van der Waals surface area contributed by atoms with Crippen molar-refractivity contribution < 1.29 is 51.0 Å². The van der Waals surface area contributed by atoms with Gasteiger partial charge in [-0.2, -0.15) is 0 Å². The molecule has 117 valence electrons. The zero-order valence-corrected chi connectivity index (χ0v) is 16.9. The van der Waals surface area contributed by atoms with Crippen LogP contribution in [0.15, 0.2) is 91.0 Å². The summed E-state index contributed by atoms with van der Waals surface area (Å²) >= 11 is 0. The van der Waals surface area contributed by atoms with Gasteiger partial charge in [-0.25, -0.2) is 0 Å². The molecule has 4 aromatic carbocycles. The summed E-state index contributed by atoms with van der Waals surface area (Å²) in [7, 11) is 0. The molecular weight excluding hydrogens is 414 g/mol. The van der Waals surface area contributed by atoms with E-state index in [4.69, 9.17) is 0 Å². The van der Waals surface area contributed by atoms with Crippen LogP contribution in [0.2, 0.25) is 0 Å². The van der Waals surface area contributed by atoms with Crippen LogP contribution in [0.4, 0.5) is 0 Å². The SMILES string of the molecule is [Cl-].[Cl-].[Zr+3].c1ccc(-c2ccc(-c3cc4ccccc4[cH-]3)cc2)cc1. The van der Waals surface area contributed by atoms with Crippen molar-refractivity contribution in [2.45, 2.75) is 0 Å². The van der Waals surface area contributed by atoms with Gasteiger partial charge < -0.3 is 24.8 Å². The molecule has 24 heavy (non-hydrogen) atoms. The van der Waals surface area contributed by atoms with Crippen molar-refractivity contribution in [2.24, 2.45) is 0 Å². The van der Waals surface area contributed by atoms with Crippen molar-refractivity contribution in [3.05, 3.63) is 91.0 Å². The van der Waals surface area contributed by atoms with E-state index in [9.17, 15) is 0 Å². The molecule has 0 amide bonds. The Morgan fingerprint density at radius 3 is 1.75 bits per heavy atom. The minimum atomic E-state index is 0. The molecule has 0 saturated carbocycles. The molecule has 0 aliphatic heterocycles. The average Bonchev–Trinajstić information content (AvgIpc) is 3.00. The zero-order chi connectivity index (χ0) is 14.1.